The zero-order chi connectivity index (χ0) is 19.9. The second kappa shape index (κ2) is 9.23. The number of nitrogens with zero attached hydrogens (tertiary/aromatic N) is 1. The summed E-state index contributed by atoms with van der Waals surface area (Å²) in [5, 5.41) is 15.6. The molecule has 0 spiro atoms. The van der Waals surface area contributed by atoms with Crippen LogP contribution in [0, 0.1) is 15.9 Å². The Kier molecular flexibility index (Phi) is 6.49. The number of rotatable bonds is 8. The monoisotopic (exact) mass is 398 g/mol. The van der Waals surface area contributed by atoms with Crippen LogP contribution >= 0.6 is 11.3 Å². The first kappa shape index (κ1) is 19.7. The van der Waals surface area contributed by atoms with Crippen molar-refractivity contribution in [1.29, 1.82) is 0 Å². The normalized spacial score (nSPS) is 11.8. The van der Waals surface area contributed by atoms with Gasteiger partial charge in [-0.25, -0.2) is 4.39 Å². The molecule has 28 heavy (non-hydrogen) atoms. The number of carbonyl (C=O) groups is 1. The summed E-state index contributed by atoms with van der Waals surface area (Å²) in [5.74, 6) is -0.866. The van der Waals surface area contributed by atoms with E-state index in [0.717, 1.165) is 16.0 Å². The highest BCUT2D eigenvalue weighted by Crippen LogP contribution is 2.24. The summed E-state index contributed by atoms with van der Waals surface area (Å²) in [5.41, 5.74) is 1.71. The Hall–Kier alpha value is -3.06. The Labute approximate surface area is 166 Å². The molecule has 144 valence electrons. The maximum atomic E-state index is 13.3. The van der Waals surface area contributed by atoms with Crippen molar-refractivity contribution in [2.45, 2.75) is 18.8 Å². The third-order valence-corrected chi connectivity index (χ3v) is 5.33. The van der Waals surface area contributed by atoms with Crippen LogP contribution in [0.25, 0.3) is 0 Å². The third-order valence-electron chi connectivity index (χ3n) is 4.43. The van der Waals surface area contributed by atoms with Gasteiger partial charge in [-0.1, -0.05) is 30.3 Å². The molecule has 0 radical (unpaired) electrons. The van der Waals surface area contributed by atoms with Crippen LogP contribution in [0.5, 0.6) is 0 Å². The summed E-state index contributed by atoms with van der Waals surface area (Å²) in [7, 11) is 0. The lowest BCUT2D eigenvalue weighted by atomic mass is 9.94. The summed E-state index contributed by atoms with van der Waals surface area (Å²) < 4.78 is 13.3. The Morgan fingerprint density at radius 2 is 1.82 bits per heavy atom. The lowest BCUT2D eigenvalue weighted by molar-refractivity contribution is -0.384. The number of nitro benzene ring substituents is 1. The third kappa shape index (κ3) is 5.23. The van der Waals surface area contributed by atoms with Gasteiger partial charge in [0.25, 0.3) is 5.69 Å². The number of thiophene rings is 1. The minimum Gasteiger partial charge on any atom is -0.355 e. The number of non-ortho nitro benzene ring substituents is 1. The largest absolute Gasteiger partial charge is 0.355 e. The molecule has 0 saturated carbocycles. The highest BCUT2D eigenvalue weighted by atomic mass is 32.1. The fraction of sp³-hybridized carbons (Fsp3) is 0.190. The van der Waals surface area contributed by atoms with E-state index < -0.39 is 10.8 Å². The van der Waals surface area contributed by atoms with E-state index in [-0.39, 0.29) is 17.4 Å². The van der Waals surface area contributed by atoms with E-state index in [4.69, 9.17) is 0 Å². The molecule has 3 aromatic rings. The number of nitrogens with one attached hydrogen (secondary N) is 1. The quantitative estimate of drug-likeness (QED) is 0.449. The summed E-state index contributed by atoms with van der Waals surface area (Å²) in [6.07, 6.45) is 1.12. The predicted molar refractivity (Wildman–Crippen MR) is 107 cm³/mol. The molecule has 2 aromatic carbocycles. The van der Waals surface area contributed by atoms with Gasteiger partial charge in [0.15, 0.2) is 0 Å². The number of carbonyl (C=O) groups excluding carboxylic acids is 1. The molecule has 3 rings (SSSR count). The molecule has 0 bridgehead atoms. The second-order valence-electron chi connectivity index (χ2n) is 6.35. The SMILES string of the molecule is O=C(NCCc1ccc([N+](=O)[O-])cc1)C(Cc1cccs1)c1ccc(F)cc1. The van der Waals surface area contributed by atoms with Gasteiger partial charge in [-0.2, -0.15) is 0 Å². The molecule has 0 aliphatic rings. The Balaban J connectivity index is 1.63. The van der Waals surface area contributed by atoms with Crippen molar-refractivity contribution >= 4 is 22.9 Å². The molecule has 0 aliphatic carbocycles. The van der Waals surface area contributed by atoms with Crippen molar-refractivity contribution in [1.82, 2.24) is 5.32 Å². The van der Waals surface area contributed by atoms with Gasteiger partial charge in [0.05, 0.1) is 10.8 Å². The van der Waals surface area contributed by atoms with Crippen molar-refractivity contribution in [3.63, 3.8) is 0 Å². The molecule has 1 heterocycles. The van der Waals surface area contributed by atoms with Crippen LogP contribution in [0.15, 0.2) is 66.0 Å². The molecule has 1 atom stereocenters. The van der Waals surface area contributed by atoms with Crippen molar-refractivity contribution in [2.75, 3.05) is 6.54 Å². The van der Waals surface area contributed by atoms with E-state index in [0.29, 0.717) is 19.4 Å². The number of hydrogen-bond acceptors (Lipinski definition) is 4. The molecule has 1 amide bonds. The molecule has 7 heteroatoms. The minimum absolute atomic E-state index is 0.0418. The van der Waals surface area contributed by atoms with Gasteiger partial charge in [0, 0.05) is 23.6 Å². The molecule has 0 aliphatic heterocycles. The maximum absolute atomic E-state index is 13.3. The summed E-state index contributed by atoms with van der Waals surface area (Å²) in [6, 6.07) is 16.2. The zero-order valence-corrected chi connectivity index (χ0v) is 15.8. The standard InChI is InChI=1S/C21H19FN2O3S/c22-17-7-5-16(6-8-17)20(14-19-2-1-13-28-19)21(25)23-12-11-15-3-9-18(10-4-15)24(26)27/h1-10,13,20H,11-12,14H2,(H,23,25). The van der Waals surface area contributed by atoms with Gasteiger partial charge in [-0.05, 0) is 47.5 Å². The van der Waals surface area contributed by atoms with Gasteiger partial charge in [0.2, 0.25) is 5.91 Å². The van der Waals surface area contributed by atoms with Crippen LogP contribution in [-0.4, -0.2) is 17.4 Å². The Bertz CT molecular complexity index is 925. The summed E-state index contributed by atoms with van der Waals surface area (Å²) in [4.78, 5) is 24.1. The van der Waals surface area contributed by atoms with Crippen LogP contribution in [-0.2, 0) is 17.6 Å². The van der Waals surface area contributed by atoms with Crippen LogP contribution < -0.4 is 5.32 Å². The molecule has 1 N–H and O–H groups in total. The van der Waals surface area contributed by atoms with Gasteiger partial charge in [0.1, 0.15) is 5.82 Å². The highest BCUT2D eigenvalue weighted by Gasteiger charge is 2.21. The van der Waals surface area contributed by atoms with E-state index in [1.807, 2.05) is 17.5 Å². The first-order valence-corrected chi connectivity index (χ1v) is 9.70. The molecule has 0 fully saturated rings. The Morgan fingerprint density at radius 3 is 2.43 bits per heavy atom. The van der Waals surface area contributed by atoms with E-state index in [1.165, 1.54) is 24.3 Å². The van der Waals surface area contributed by atoms with Gasteiger partial charge < -0.3 is 5.32 Å². The molecule has 1 aromatic heterocycles. The maximum Gasteiger partial charge on any atom is 0.269 e. The fourth-order valence-corrected chi connectivity index (χ4v) is 3.68. The predicted octanol–water partition coefficient (Wildman–Crippen LogP) is 4.48. The summed E-state index contributed by atoms with van der Waals surface area (Å²) >= 11 is 1.58. The average Bonchev–Trinajstić information content (AvgIpc) is 3.20. The second-order valence-corrected chi connectivity index (χ2v) is 7.38. The van der Waals surface area contributed by atoms with E-state index >= 15 is 0 Å². The molecule has 1 unspecified atom stereocenters. The van der Waals surface area contributed by atoms with Crippen molar-refractivity contribution in [3.05, 3.63) is 98.0 Å². The van der Waals surface area contributed by atoms with Crippen LogP contribution in [0.2, 0.25) is 0 Å². The van der Waals surface area contributed by atoms with Gasteiger partial charge in [-0.3, -0.25) is 14.9 Å². The van der Waals surface area contributed by atoms with E-state index in [1.54, 1.807) is 35.6 Å². The minimum atomic E-state index is -0.441. The summed E-state index contributed by atoms with van der Waals surface area (Å²) in [6.45, 7) is 0.415. The zero-order valence-electron chi connectivity index (χ0n) is 15.0. The lowest BCUT2D eigenvalue weighted by Crippen LogP contribution is -2.32. The Morgan fingerprint density at radius 1 is 1.11 bits per heavy atom. The molecular formula is C21H19FN2O3S. The number of nitro groups is 1. The van der Waals surface area contributed by atoms with E-state index in [2.05, 4.69) is 5.32 Å². The molecular weight excluding hydrogens is 379 g/mol. The van der Waals surface area contributed by atoms with Crippen molar-refractivity contribution in [3.8, 4) is 0 Å². The number of halogens is 1. The molecule has 5 nitrogen and oxygen atoms in total. The van der Waals surface area contributed by atoms with Crippen LogP contribution in [0.3, 0.4) is 0 Å². The number of hydrogen-bond donors (Lipinski definition) is 1. The van der Waals surface area contributed by atoms with Crippen molar-refractivity contribution in [2.24, 2.45) is 0 Å². The number of amides is 1. The van der Waals surface area contributed by atoms with Crippen molar-refractivity contribution < 1.29 is 14.1 Å². The highest BCUT2D eigenvalue weighted by molar-refractivity contribution is 7.09. The fourth-order valence-electron chi connectivity index (χ4n) is 2.92. The van der Waals surface area contributed by atoms with Crippen LogP contribution in [0.4, 0.5) is 10.1 Å². The van der Waals surface area contributed by atoms with E-state index in [9.17, 15) is 19.3 Å². The first-order valence-electron chi connectivity index (χ1n) is 8.82. The van der Waals surface area contributed by atoms with Gasteiger partial charge in [-0.15, -0.1) is 11.3 Å². The first-order chi connectivity index (χ1) is 13.5. The smallest absolute Gasteiger partial charge is 0.269 e. The van der Waals surface area contributed by atoms with Crippen LogP contribution in [0.1, 0.15) is 21.9 Å². The lowest BCUT2D eigenvalue weighted by Gasteiger charge is -2.17. The molecule has 0 saturated heterocycles. The topological polar surface area (TPSA) is 72.2 Å². The van der Waals surface area contributed by atoms with Gasteiger partial charge >= 0.3 is 0 Å². The average molecular weight is 398 g/mol. The number of benzene rings is 2.